The number of sulfonamides is 1. The number of ether oxygens (including phenoxy) is 1. The fourth-order valence-electron chi connectivity index (χ4n) is 1.36. The first-order valence-corrected chi connectivity index (χ1v) is 6.90. The molecule has 0 aromatic carbocycles. The molecule has 0 unspecified atom stereocenters. The zero-order valence-corrected chi connectivity index (χ0v) is 11.3. The van der Waals surface area contributed by atoms with E-state index in [1.165, 1.54) is 23.9 Å². The van der Waals surface area contributed by atoms with E-state index < -0.39 is 10.0 Å². The highest BCUT2D eigenvalue weighted by molar-refractivity contribution is 7.89. The molecule has 0 spiro atoms. The van der Waals surface area contributed by atoms with Crippen LogP contribution in [0.15, 0.2) is 22.7 Å². The second-order valence-electron chi connectivity index (χ2n) is 3.65. The van der Waals surface area contributed by atoms with Gasteiger partial charge < -0.3 is 20.7 Å². The fraction of sp³-hybridized carbons (Fsp3) is 0.556. The summed E-state index contributed by atoms with van der Waals surface area (Å²) < 4.78 is 30.6. The van der Waals surface area contributed by atoms with E-state index in [0.717, 1.165) is 0 Å². The maximum atomic E-state index is 12.3. The Hall–Kier alpha value is -1.65. The first kappa shape index (κ1) is 15.4. The topological polar surface area (TPSA) is 134 Å². The molecule has 0 saturated heterocycles. The average Bonchev–Trinajstić information content (AvgIpc) is 2.92. The first-order chi connectivity index (χ1) is 9.02. The van der Waals surface area contributed by atoms with Crippen molar-refractivity contribution in [2.24, 2.45) is 10.9 Å². The van der Waals surface area contributed by atoms with Crippen LogP contribution in [0.4, 0.5) is 0 Å². The number of rotatable bonds is 8. The summed E-state index contributed by atoms with van der Waals surface area (Å²) in [7, 11) is -2.21. The summed E-state index contributed by atoms with van der Waals surface area (Å²) in [6, 6.07) is 0. The fourth-order valence-corrected chi connectivity index (χ4v) is 2.68. The minimum Gasteiger partial charge on any atom is -0.409 e. The molecule has 19 heavy (non-hydrogen) atoms. The lowest BCUT2D eigenvalue weighted by molar-refractivity contribution is 0.179. The molecule has 1 aromatic rings. The number of methoxy groups -OCH3 is 1. The van der Waals surface area contributed by atoms with E-state index in [4.69, 9.17) is 15.7 Å². The predicted molar refractivity (Wildman–Crippen MR) is 67.2 cm³/mol. The summed E-state index contributed by atoms with van der Waals surface area (Å²) in [6.07, 6.45) is 2.62. The Morgan fingerprint density at radius 2 is 2.37 bits per heavy atom. The van der Waals surface area contributed by atoms with E-state index in [0.29, 0.717) is 0 Å². The highest BCUT2D eigenvalue weighted by atomic mass is 32.2. The molecular formula is C9H17N5O4S. The van der Waals surface area contributed by atoms with Gasteiger partial charge in [0.2, 0.25) is 0 Å². The summed E-state index contributed by atoms with van der Waals surface area (Å²) in [4.78, 5) is 6.23. The van der Waals surface area contributed by atoms with Gasteiger partial charge in [0.15, 0.2) is 5.03 Å². The number of oxime groups is 1. The molecule has 108 valence electrons. The lowest BCUT2D eigenvalue weighted by Gasteiger charge is -2.20. The molecule has 0 aliphatic heterocycles. The van der Waals surface area contributed by atoms with E-state index in [2.05, 4.69) is 15.1 Å². The van der Waals surface area contributed by atoms with Crippen molar-refractivity contribution >= 4 is 15.9 Å². The largest absolute Gasteiger partial charge is 0.409 e. The maximum Gasteiger partial charge on any atom is 0.260 e. The second kappa shape index (κ2) is 7.07. The van der Waals surface area contributed by atoms with Crippen LogP contribution in [0.2, 0.25) is 0 Å². The van der Waals surface area contributed by atoms with E-state index in [-0.39, 0.29) is 37.0 Å². The lowest BCUT2D eigenvalue weighted by atomic mass is 10.4. The van der Waals surface area contributed by atoms with Crippen LogP contribution < -0.4 is 5.73 Å². The van der Waals surface area contributed by atoms with Crippen molar-refractivity contribution in [2.75, 3.05) is 26.8 Å². The van der Waals surface area contributed by atoms with E-state index >= 15 is 0 Å². The molecule has 0 atom stereocenters. The van der Waals surface area contributed by atoms with Crippen molar-refractivity contribution in [1.82, 2.24) is 14.3 Å². The number of hydrogen-bond acceptors (Lipinski definition) is 6. The number of nitrogens with zero attached hydrogens (tertiary/aromatic N) is 3. The van der Waals surface area contributed by atoms with Crippen LogP contribution in [0.1, 0.15) is 6.42 Å². The molecule has 0 fully saturated rings. The van der Waals surface area contributed by atoms with Crippen molar-refractivity contribution in [3.05, 3.63) is 12.5 Å². The Kier molecular flexibility index (Phi) is 5.73. The number of aromatic amines is 1. The normalized spacial score (nSPS) is 13.1. The molecule has 0 amide bonds. The van der Waals surface area contributed by atoms with Crippen molar-refractivity contribution in [3.63, 3.8) is 0 Å². The van der Waals surface area contributed by atoms with E-state index in [1.807, 2.05) is 0 Å². The van der Waals surface area contributed by atoms with Crippen LogP contribution in [0.3, 0.4) is 0 Å². The third kappa shape index (κ3) is 4.19. The van der Waals surface area contributed by atoms with Gasteiger partial charge in [-0.3, -0.25) is 0 Å². The number of imidazole rings is 1. The molecular weight excluding hydrogens is 274 g/mol. The predicted octanol–water partition coefficient (Wildman–Crippen LogP) is -0.817. The molecule has 0 radical (unpaired) electrons. The van der Waals surface area contributed by atoms with Gasteiger partial charge in [0.25, 0.3) is 10.0 Å². The summed E-state index contributed by atoms with van der Waals surface area (Å²) in [5.74, 6) is -0.0396. The van der Waals surface area contributed by atoms with Crippen LogP contribution in [0, 0.1) is 0 Å². The SMILES string of the molecule is COCCN(CCC(N)=NO)S(=O)(=O)c1cnc[nH]1. The van der Waals surface area contributed by atoms with Gasteiger partial charge in [-0.05, 0) is 0 Å². The number of H-pyrrole nitrogens is 1. The standard InChI is InChI=1S/C9H17N5O4S/c1-18-5-4-14(3-2-8(10)13-15)19(16,17)9-6-11-7-12-9/h6-7,15H,2-5H2,1H3,(H2,10,13)(H,11,12). The molecule has 0 saturated carbocycles. The van der Waals surface area contributed by atoms with Crippen molar-refractivity contribution in [2.45, 2.75) is 11.4 Å². The average molecular weight is 291 g/mol. The van der Waals surface area contributed by atoms with Gasteiger partial charge >= 0.3 is 0 Å². The van der Waals surface area contributed by atoms with Gasteiger partial charge in [-0.15, -0.1) is 0 Å². The number of nitrogens with two attached hydrogens (primary N) is 1. The van der Waals surface area contributed by atoms with Gasteiger partial charge in [0, 0.05) is 26.6 Å². The first-order valence-electron chi connectivity index (χ1n) is 5.46. The van der Waals surface area contributed by atoms with E-state index in [1.54, 1.807) is 0 Å². The third-order valence-electron chi connectivity index (χ3n) is 2.38. The summed E-state index contributed by atoms with van der Waals surface area (Å²) in [5.41, 5.74) is 5.34. The van der Waals surface area contributed by atoms with Gasteiger partial charge in [-0.1, -0.05) is 5.16 Å². The van der Waals surface area contributed by atoms with Crippen molar-refractivity contribution in [1.29, 1.82) is 0 Å². The summed E-state index contributed by atoms with van der Waals surface area (Å²) >= 11 is 0. The Morgan fingerprint density at radius 1 is 1.63 bits per heavy atom. The second-order valence-corrected chi connectivity index (χ2v) is 5.56. The number of hydrogen-bond donors (Lipinski definition) is 3. The van der Waals surface area contributed by atoms with Gasteiger partial charge in [-0.25, -0.2) is 13.4 Å². The Balaban J connectivity index is 2.84. The molecule has 1 heterocycles. The van der Waals surface area contributed by atoms with Gasteiger partial charge in [0.05, 0.1) is 19.1 Å². The van der Waals surface area contributed by atoms with Gasteiger partial charge in [0.1, 0.15) is 5.84 Å². The molecule has 1 rings (SSSR count). The quantitative estimate of drug-likeness (QED) is 0.248. The Labute approximate surface area is 111 Å². The van der Waals surface area contributed by atoms with Crippen molar-refractivity contribution in [3.8, 4) is 0 Å². The maximum absolute atomic E-state index is 12.3. The molecule has 4 N–H and O–H groups in total. The zero-order chi connectivity index (χ0) is 14.3. The highest BCUT2D eigenvalue weighted by Gasteiger charge is 2.25. The number of amidine groups is 1. The Morgan fingerprint density at radius 3 is 2.89 bits per heavy atom. The van der Waals surface area contributed by atoms with Crippen LogP contribution in [-0.4, -0.2) is 60.5 Å². The molecule has 9 nitrogen and oxygen atoms in total. The molecule has 10 heteroatoms. The van der Waals surface area contributed by atoms with E-state index in [9.17, 15) is 8.42 Å². The third-order valence-corrected chi connectivity index (χ3v) is 4.21. The summed E-state index contributed by atoms with van der Waals surface area (Å²) in [5, 5.41) is 11.3. The van der Waals surface area contributed by atoms with Crippen LogP contribution in [0.5, 0.6) is 0 Å². The summed E-state index contributed by atoms with van der Waals surface area (Å²) in [6.45, 7) is 0.487. The smallest absolute Gasteiger partial charge is 0.260 e. The Bertz CT molecular complexity index is 499. The number of aromatic nitrogens is 2. The highest BCUT2D eigenvalue weighted by Crippen LogP contribution is 2.12. The van der Waals surface area contributed by atoms with Crippen molar-refractivity contribution < 1.29 is 18.4 Å². The molecule has 1 aromatic heterocycles. The van der Waals surface area contributed by atoms with Crippen LogP contribution in [0.25, 0.3) is 0 Å². The minimum absolute atomic E-state index is 0.0110. The molecule has 0 aliphatic carbocycles. The van der Waals surface area contributed by atoms with Crippen LogP contribution >= 0.6 is 0 Å². The van der Waals surface area contributed by atoms with Crippen LogP contribution in [-0.2, 0) is 14.8 Å². The number of nitrogens with one attached hydrogen (secondary N) is 1. The lowest BCUT2D eigenvalue weighted by Crippen LogP contribution is -2.36. The molecule has 0 bridgehead atoms. The molecule has 0 aliphatic rings. The monoisotopic (exact) mass is 291 g/mol. The minimum atomic E-state index is -3.69. The van der Waals surface area contributed by atoms with Gasteiger partial charge in [-0.2, -0.15) is 4.31 Å². The zero-order valence-electron chi connectivity index (χ0n) is 10.5.